The smallest absolute Gasteiger partial charge is 0.267 e. The van der Waals surface area contributed by atoms with Gasteiger partial charge in [0.05, 0.1) is 22.0 Å². The fraction of sp³-hybridized carbons (Fsp3) is 0.412. The van der Waals surface area contributed by atoms with Crippen molar-refractivity contribution in [1.82, 2.24) is 15.1 Å². The maximum absolute atomic E-state index is 12.1. The van der Waals surface area contributed by atoms with Crippen LogP contribution < -0.4 is 10.9 Å². The van der Waals surface area contributed by atoms with Crippen LogP contribution in [0.4, 0.5) is 0 Å². The summed E-state index contributed by atoms with van der Waals surface area (Å²) in [5, 5.41) is 7.19. The van der Waals surface area contributed by atoms with Crippen molar-refractivity contribution in [2.24, 2.45) is 0 Å². The van der Waals surface area contributed by atoms with Crippen molar-refractivity contribution in [3.63, 3.8) is 0 Å². The van der Waals surface area contributed by atoms with Crippen LogP contribution in [-0.2, 0) is 19.4 Å². The van der Waals surface area contributed by atoms with Gasteiger partial charge < -0.3 is 5.32 Å². The Morgan fingerprint density at radius 2 is 2.00 bits per heavy atom. The van der Waals surface area contributed by atoms with Gasteiger partial charge in [-0.3, -0.25) is 14.4 Å². The van der Waals surface area contributed by atoms with Crippen LogP contribution in [0, 0.1) is 0 Å². The van der Waals surface area contributed by atoms with E-state index >= 15 is 0 Å². The Balaban J connectivity index is 1.60. The molecular formula is C17H19N3O3S. The summed E-state index contributed by atoms with van der Waals surface area (Å²) < 4.78 is 1.42. The molecule has 126 valence electrons. The summed E-state index contributed by atoms with van der Waals surface area (Å²) in [6.45, 7) is 2.13. The standard InChI is InChI=1S/C17H19N3O3S/c1-11(21)14-6-7-15(24-14)17(23)18-8-9-20-16(22)10-12-4-2-3-5-13(12)19-20/h6-7,10H,2-5,8-9H2,1H3,(H,18,23). The molecular weight excluding hydrogens is 326 g/mol. The van der Waals surface area contributed by atoms with Crippen LogP contribution in [0.5, 0.6) is 0 Å². The molecule has 2 heterocycles. The molecule has 7 heteroatoms. The zero-order valence-corrected chi connectivity index (χ0v) is 14.3. The Morgan fingerprint density at radius 3 is 2.75 bits per heavy atom. The maximum atomic E-state index is 12.1. The Hall–Kier alpha value is -2.28. The van der Waals surface area contributed by atoms with E-state index in [1.54, 1.807) is 18.2 Å². The molecule has 0 aliphatic heterocycles. The van der Waals surface area contributed by atoms with Gasteiger partial charge in [-0.2, -0.15) is 5.10 Å². The second-order valence-corrected chi connectivity index (χ2v) is 6.94. The third kappa shape index (κ3) is 3.62. The molecule has 6 nitrogen and oxygen atoms in total. The van der Waals surface area contributed by atoms with Gasteiger partial charge in [0.15, 0.2) is 5.78 Å². The van der Waals surface area contributed by atoms with Crippen LogP contribution in [-0.4, -0.2) is 28.0 Å². The van der Waals surface area contributed by atoms with Crippen LogP contribution >= 0.6 is 11.3 Å². The number of thiophene rings is 1. The third-order valence-corrected chi connectivity index (χ3v) is 5.24. The molecule has 0 saturated carbocycles. The molecule has 24 heavy (non-hydrogen) atoms. The Morgan fingerprint density at radius 1 is 1.25 bits per heavy atom. The molecule has 0 saturated heterocycles. The number of carbonyl (C=O) groups is 2. The van der Waals surface area contributed by atoms with Gasteiger partial charge in [0.2, 0.25) is 0 Å². The first-order valence-corrected chi connectivity index (χ1v) is 8.85. The van der Waals surface area contributed by atoms with E-state index < -0.39 is 0 Å². The fourth-order valence-corrected chi connectivity index (χ4v) is 3.59. The summed E-state index contributed by atoms with van der Waals surface area (Å²) in [6.07, 6.45) is 4.04. The van der Waals surface area contributed by atoms with Crippen LogP contribution in [0.25, 0.3) is 0 Å². The highest BCUT2D eigenvalue weighted by Crippen LogP contribution is 2.17. The second-order valence-electron chi connectivity index (χ2n) is 5.86. The van der Waals surface area contributed by atoms with E-state index in [1.807, 2.05) is 0 Å². The number of carbonyl (C=O) groups excluding carboxylic acids is 2. The summed E-state index contributed by atoms with van der Waals surface area (Å²) in [5.41, 5.74) is 1.93. The van der Waals surface area contributed by atoms with Crippen LogP contribution in [0.15, 0.2) is 23.0 Å². The summed E-state index contributed by atoms with van der Waals surface area (Å²) >= 11 is 1.17. The minimum Gasteiger partial charge on any atom is -0.349 e. The van der Waals surface area contributed by atoms with Crippen LogP contribution in [0.1, 0.15) is 50.4 Å². The number of fused-ring (bicyclic) bond motifs is 1. The molecule has 0 radical (unpaired) electrons. The average molecular weight is 345 g/mol. The van der Waals surface area contributed by atoms with Gasteiger partial charge in [0, 0.05) is 12.6 Å². The molecule has 0 bridgehead atoms. The van der Waals surface area contributed by atoms with Gasteiger partial charge in [0.25, 0.3) is 11.5 Å². The lowest BCUT2D eigenvalue weighted by Crippen LogP contribution is -2.33. The summed E-state index contributed by atoms with van der Waals surface area (Å²) in [4.78, 5) is 36.5. The number of rotatable bonds is 5. The Kier molecular flexibility index (Phi) is 4.89. The monoisotopic (exact) mass is 345 g/mol. The molecule has 0 spiro atoms. The van der Waals surface area contributed by atoms with E-state index in [0.717, 1.165) is 36.9 Å². The predicted octanol–water partition coefficient (Wildman–Crippen LogP) is 1.82. The van der Waals surface area contributed by atoms with Crippen LogP contribution in [0.3, 0.4) is 0 Å². The number of aromatic nitrogens is 2. The van der Waals surface area contributed by atoms with E-state index in [2.05, 4.69) is 10.4 Å². The minimum absolute atomic E-state index is 0.0520. The van der Waals surface area contributed by atoms with E-state index in [9.17, 15) is 14.4 Å². The highest BCUT2D eigenvalue weighted by atomic mass is 32.1. The first-order valence-electron chi connectivity index (χ1n) is 8.03. The van der Waals surface area contributed by atoms with Gasteiger partial charge in [-0.1, -0.05) is 0 Å². The molecule has 3 rings (SSSR count). The molecule has 2 aromatic rings. The summed E-state index contributed by atoms with van der Waals surface area (Å²) in [7, 11) is 0. The highest BCUT2D eigenvalue weighted by Gasteiger charge is 2.14. The number of nitrogens with one attached hydrogen (secondary N) is 1. The number of ketones is 1. The lowest BCUT2D eigenvalue weighted by Gasteiger charge is -2.15. The third-order valence-electron chi connectivity index (χ3n) is 4.06. The first-order chi connectivity index (χ1) is 11.5. The van der Waals surface area contributed by atoms with Crippen molar-refractivity contribution in [3.8, 4) is 0 Å². The number of hydrogen-bond donors (Lipinski definition) is 1. The molecule has 0 atom stereocenters. The molecule has 0 unspecified atom stereocenters. The fourth-order valence-electron chi connectivity index (χ4n) is 2.77. The molecule has 0 fully saturated rings. The Labute approximate surface area is 143 Å². The minimum atomic E-state index is -0.237. The van der Waals surface area contributed by atoms with Crippen molar-refractivity contribution >= 4 is 23.0 Å². The summed E-state index contributed by atoms with van der Waals surface area (Å²) in [5.74, 6) is -0.289. The quantitative estimate of drug-likeness (QED) is 0.838. The molecule has 0 aromatic carbocycles. The van der Waals surface area contributed by atoms with Gasteiger partial charge in [-0.25, -0.2) is 4.68 Å². The highest BCUT2D eigenvalue weighted by molar-refractivity contribution is 7.15. The van der Waals surface area contributed by atoms with Crippen molar-refractivity contribution < 1.29 is 9.59 Å². The van der Waals surface area contributed by atoms with Crippen molar-refractivity contribution in [2.45, 2.75) is 39.2 Å². The van der Waals surface area contributed by atoms with Crippen molar-refractivity contribution in [2.75, 3.05) is 6.54 Å². The zero-order chi connectivity index (χ0) is 17.1. The number of amides is 1. The topological polar surface area (TPSA) is 81.1 Å². The van der Waals surface area contributed by atoms with Crippen molar-refractivity contribution in [1.29, 1.82) is 0 Å². The van der Waals surface area contributed by atoms with E-state index in [4.69, 9.17) is 0 Å². The number of hydrogen-bond acceptors (Lipinski definition) is 5. The predicted molar refractivity (Wildman–Crippen MR) is 91.8 cm³/mol. The molecule has 1 amide bonds. The number of nitrogens with zero attached hydrogens (tertiary/aromatic N) is 2. The Bertz CT molecular complexity index is 838. The number of Topliss-reactive ketones (excluding diaryl/α,β-unsaturated/α-hetero) is 1. The van der Waals surface area contributed by atoms with Gasteiger partial charge >= 0.3 is 0 Å². The van der Waals surface area contributed by atoms with E-state index in [1.165, 1.54) is 22.9 Å². The zero-order valence-electron chi connectivity index (χ0n) is 13.5. The first kappa shape index (κ1) is 16.6. The molecule has 1 aliphatic rings. The van der Waals surface area contributed by atoms with E-state index in [0.29, 0.717) is 22.8 Å². The lowest BCUT2D eigenvalue weighted by molar-refractivity contribution is 0.0955. The van der Waals surface area contributed by atoms with Gasteiger partial charge in [-0.15, -0.1) is 11.3 Å². The van der Waals surface area contributed by atoms with E-state index in [-0.39, 0.29) is 17.2 Å². The van der Waals surface area contributed by atoms with Crippen molar-refractivity contribution in [3.05, 3.63) is 49.6 Å². The SMILES string of the molecule is CC(=O)c1ccc(C(=O)NCCn2nc3c(cc2=O)CCCC3)s1. The summed E-state index contributed by atoms with van der Waals surface area (Å²) in [6, 6.07) is 4.96. The lowest BCUT2D eigenvalue weighted by atomic mass is 9.97. The average Bonchev–Trinajstić information content (AvgIpc) is 3.05. The number of aryl methyl sites for hydroxylation is 2. The largest absolute Gasteiger partial charge is 0.349 e. The van der Waals surface area contributed by atoms with Gasteiger partial charge in [0.1, 0.15) is 0 Å². The second kappa shape index (κ2) is 7.09. The molecule has 2 aromatic heterocycles. The molecule has 1 aliphatic carbocycles. The molecule has 1 N–H and O–H groups in total. The maximum Gasteiger partial charge on any atom is 0.267 e. The van der Waals surface area contributed by atoms with Gasteiger partial charge in [-0.05, 0) is 50.3 Å². The normalized spacial score (nSPS) is 13.4. The van der Waals surface area contributed by atoms with Crippen LogP contribution in [0.2, 0.25) is 0 Å².